The number of carbonyl (C=O) groups is 1. The zero-order valence-corrected chi connectivity index (χ0v) is 14.7. The van der Waals surface area contributed by atoms with Crippen LogP contribution in [-0.2, 0) is 18.3 Å². The van der Waals surface area contributed by atoms with Gasteiger partial charge in [0.1, 0.15) is 5.75 Å². The molecule has 1 heterocycles. The molecule has 1 saturated carbocycles. The molecule has 1 aliphatic rings. The van der Waals surface area contributed by atoms with E-state index in [0.717, 1.165) is 35.2 Å². The Kier molecular flexibility index (Phi) is 5.09. The molecule has 0 atom stereocenters. The van der Waals surface area contributed by atoms with Crippen LogP contribution < -0.4 is 10.1 Å². The Morgan fingerprint density at radius 3 is 2.75 bits per heavy atom. The van der Waals surface area contributed by atoms with Crippen LogP contribution in [0.5, 0.6) is 5.75 Å². The molecule has 1 aliphatic carbocycles. The minimum absolute atomic E-state index is 0.266. The second-order valence-corrected chi connectivity index (χ2v) is 6.33. The summed E-state index contributed by atoms with van der Waals surface area (Å²) in [5.41, 5.74) is 2.58. The van der Waals surface area contributed by atoms with Crippen LogP contribution in [0.25, 0.3) is 10.9 Å². The number of hydrogen-bond donors (Lipinski definition) is 1. The van der Waals surface area contributed by atoms with E-state index in [2.05, 4.69) is 9.88 Å². The zero-order valence-electron chi connectivity index (χ0n) is 14.7. The molecule has 5 heteroatoms. The van der Waals surface area contributed by atoms with Crippen molar-refractivity contribution in [3.05, 3.63) is 29.5 Å². The molecule has 1 fully saturated rings. The van der Waals surface area contributed by atoms with Gasteiger partial charge < -0.3 is 19.4 Å². The van der Waals surface area contributed by atoms with Crippen LogP contribution >= 0.6 is 0 Å². The lowest BCUT2D eigenvalue weighted by Crippen LogP contribution is -2.14. The summed E-state index contributed by atoms with van der Waals surface area (Å²) in [7, 11) is 3.86. The number of rotatable bonds is 6. The Morgan fingerprint density at radius 1 is 1.33 bits per heavy atom. The van der Waals surface area contributed by atoms with Crippen LogP contribution in [0.1, 0.15) is 48.7 Å². The van der Waals surface area contributed by atoms with Crippen LogP contribution in [0.2, 0.25) is 0 Å². The number of benzene rings is 1. The molecule has 5 nitrogen and oxygen atoms in total. The molecule has 24 heavy (non-hydrogen) atoms. The lowest BCUT2D eigenvalue weighted by molar-refractivity contribution is 0.0527. The summed E-state index contributed by atoms with van der Waals surface area (Å²) in [5, 5.41) is 4.05. The van der Waals surface area contributed by atoms with Crippen molar-refractivity contribution in [2.24, 2.45) is 7.05 Å². The van der Waals surface area contributed by atoms with E-state index < -0.39 is 0 Å². The first-order chi connectivity index (χ1) is 11.7. The van der Waals surface area contributed by atoms with E-state index in [1.54, 1.807) is 0 Å². The minimum atomic E-state index is -0.266. The van der Waals surface area contributed by atoms with E-state index in [1.165, 1.54) is 12.8 Å². The van der Waals surface area contributed by atoms with Crippen LogP contribution in [0.4, 0.5) is 0 Å². The molecule has 1 aromatic heterocycles. The van der Waals surface area contributed by atoms with Crippen LogP contribution in [0.3, 0.4) is 0 Å². The number of hydrogen-bond acceptors (Lipinski definition) is 4. The molecule has 130 valence electrons. The highest BCUT2D eigenvalue weighted by atomic mass is 16.5. The van der Waals surface area contributed by atoms with Crippen molar-refractivity contribution in [3.63, 3.8) is 0 Å². The van der Waals surface area contributed by atoms with Gasteiger partial charge in [0.05, 0.1) is 23.8 Å². The van der Waals surface area contributed by atoms with Gasteiger partial charge in [0.15, 0.2) is 0 Å². The Balaban J connectivity index is 2.02. The molecule has 2 aromatic rings. The Morgan fingerprint density at radius 2 is 2.08 bits per heavy atom. The van der Waals surface area contributed by atoms with Crippen molar-refractivity contribution in [3.8, 4) is 5.75 Å². The zero-order chi connectivity index (χ0) is 17.1. The third-order valence-corrected chi connectivity index (χ3v) is 4.72. The average molecular weight is 330 g/mol. The molecular weight excluding hydrogens is 304 g/mol. The highest BCUT2D eigenvalue weighted by Crippen LogP contribution is 2.31. The summed E-state index contributed by atoms with van der Waals surface area (Å²) >= 11 is 0. The second-order valence-electron chi connectivity index (χ2n) is 6.33. The fourth-order valence-electron chi connectivity index (χ4n) is 3.55. The van der Waals surface area contributed by atoms with Gasteiger partial charge in [-0.3, -0.25) is 0 Å². The van der Waals surface area contributed by atoms with E-state index in [4.69, 9.17) is 9.47 Å². The summed E-state index contributed by atoms with van der Waals surface area (Å²) in [6.45, 7) is 2.81. The molecule has 1 aromatic carbocycles. The highest BCUT2D eigenvalue weighted by Gasteiger charge is 2.23. The molecule has 1 N–H and O–H groups in total. The standard InChI is InChI=1S/C19H26N2O3/c1-4-23-19(22)18-15-10-9-14(24-13-7-5-6-8-13)11-16(15)21(3)17(18)12-20-2/h9-11,13,20H,4-8,12H2,1-3H3. The van der Waals surface area contributed by atoms with Crippen LogP contribution in [0, 0.1) is 0 Å². The van der Waals surface area contributed by atoms with E-state index in [0.29, 0.717) is 24.8 Å². The lowest BCUT2D eigenvalue weighted by Gasteiger charge is -2.13. The van der Waals surface area contributed by atoms with Crippen molar-refractivity contribution in [1.82, 2.24) is 9.88 Å². The quantitative estimate of drug-likeness (QED) is 0.825. The average Bonchev–Trinajstić information content (AvgIpc) is 3.16. The number of nitrogens with zero attached hydrogens (tertiary/aromatic N) is 1. The molecule has 0 amide bonds. The Labute approximate surface area is 142 Å². The fourth-order valence-corrected chi connectivity index (χ4v) is 3.55. The Bertz CT molecular complexity index is 730. The summed E-state index contributed by atoms with van der Waals surface area (Å²) in [5.74, 6) is 0.610. The van der Waals surface area contributed by atoms with Crippen molar-refractivity contribution in [2.75, 3.05) is 13.7 Å². The van der Waals surface area contributed by atoms with Gasteiger partial charge in [-0.05, 0) is 51.8 Å². The first-order valence-corrected chi connectivity index (χ1v) is 8.75. The van der Waals surface area contributed by atoms with Crippen molar-refractivity contribution in [2.45, 2.75) is 45.3 Å². The first kappa shape index (κ1) is 16.8. The third-order valence-electron chi connectivity index (χ3n) is 4.72. The van der Waals surface area contributed by atoms with Gasteiger partial charge >= 0.3 is 5.97 Å². The molecular formula is C19H26N2O3. The van der Waals surface area contributed by atoms with Crippen molar-refractivity contribution < 1.29 is 14.3 Å². The van der Waals surface area contributed by atoms with Gasteiger partial charge in [-0.2, -0.15) is 0 Å². The number of aromatic nitrogens is 1. The van der Waals surface area contributed by atoms with Gasteiger partial charge in [-0.15, -0.1) is 0 Å². The molecule has 0 bridgehead atoms. The molecule has 0 saturated heterocycles. The molecule has 0 spiro atoms. The fraction of sp³-hybridized carbons (Fsp3) is 0.526. The van der Waals surface area contributed by atoms with E-state index in [9.17, 15) is 4.79 Å². The van der Waals surface area contributed by atoms with Crippen molar-refractivity contribution >= 4 is 16.9 Å². The number of ether oxygens (including phenoxy) is 2. The minimum Gasteiger partial charge on any atom is -0.490 e. The Hall–Kier alpha value is -2.01. The third kappa shape index (κ3) is 3.13. The predicted molar refractivity (Wildman–Crippen MR) is 94.5 cm³/mol. The molecule has 3 rings (SSSR count). The number of esters is 1. The van der Waals surface area contributed by atoms with Gasteiger partial charge in [-0.1, -0.05) is 0 Å². The number of carbonyl (C=O) groups excluding carboxylic acids is 1. The van der Waals surface area contributed by atoms with Gasteiger partial charge in [0.25, 0.3) is 0 Å². The number of fused-ring (bicyclic) bond motifs is 1. The van der Waals surface area contributed by atoms with Crippen LogP contribution in [-0.4, -0.2) is 30.3 Å². The van der Waals surface area contributed by atoms with E-state index in [-0.39, 0.29) is 5.97 Å². The van der Waals surface area contributed by atoms with Crippen molar-refractivity contribution in [1.29, 1.82) is 0 Å². The maximum atomic E-state index is 12.4. The lowest BCUT2D eigenvalue weighted by atomic mass is 10.1. The topological polar surface area (TPSA) is 52.5 Å². The first-order valence-electron chi connectivity index (χ1n) is 8.75. The number of nitrogens with one attached hydrogen (secondary N) is 1. The predicted octanol–water partition coefficient (Wildman–Crippen LogP) is 3.40. The summed E-state index contributed by atoms with van der Waals surface area (Å²) in [4.78, 5) is 12.4. The molecule has 0 aliphatic heterocycles. The maximum absolute atomic E-state index is 12.4. The summed E-state index contributed by atoms with van der Waals surface area (Å²) in [6.07, 6.45) is 5.07. The maximum Gasteiger partial charge on any atom is 0.340 e. The van der Waals surface area contributed by atoms with Gasteiger partial charge in [0, 0.05) is 30.7 Å². The second kappa shape index (κ2) is 7.26. The highest BCUT2D eigenvalue weighted by molar-refractivity contribution is 6.06. The molecule has 0 radical (unpaired) electrons. The smallest absolute Gasteiger partial charge is 0.340 e. The monoisotopic (exact) mass is 330 g/mol. The SMILES string of the molecule is CCOC(=O)c1c(CNC)n(C)c2cc(OC3CCCC3)ccc12. The summed E-state index contributed by atoms with van der Waals surface area (Å²) in [6, 6.07) is 5.98. The van der Waals surface area contributed by atoms with Gasteiger partial charge in [-0.25, -0.2) is 4.79 Å². The molecule has 0 unspecified atom stereocenters. The normalized spacial score (nSPS) is 15.1. The van der Waals surface area contributed by atoms with E-state index >= 15 is 0 Å². The van der Waals surface area contributed by atoms with Gasteiger partial charge in [0.2, 0.25) is 0 Å². The van der Waals surface area contributed by atoms with E-state index in [1.807, 2.05) is 39.2 Å². The summed E-state index contributed by atoms with van der Waals surface area (Å²) < 4.78 is 13.4. The van der Waals surface area contributed by atoms with Crippen LogP contribution in [0.15, 0.2) is 18.2 Å². The number of aryl methyl sites for hydroxylation is 1. The largest absolute Gasteiger partial charge is 0.490 e.